The average Bonchev–Trinajstić information content (AvgIpc) is 2.66. The zero-order valence-electron chi connectivity index (χ0n) is 15.5. The quantitative estimate of drug-likeness (QED) is 0.528. The zero-order valence-corrected chi connectivity index (χ0v) is 15.5. The second-order valence-corrected chi connectivity index (χ2v) is 6.99. The molecule has 0 aliphatic heterocycles. The third-order valence-electron chi connectivity index (χ3n) is 5.28. The minimum atomic E-state index is -0.760. The van der Waals surface area contributed by atoms with Crippen LogP contribution in [0.5, 0.6) is 5.75 Å². The molecule has 1 aliphatic carbocycles. The topological polar surface area (TPSA) is 9.23 Å². The first-order chi connectivity index (χ1) is 12.6. The SMILES string of the molecule is C/C=C/COc1ccc2cc(C3CCC(/C=C/C)CC3)c(F)c(F)c2c1. The molecule has 0 N–H and O–H groups in total. The third kappa shape index (κ3) is 3.98. The van der Waals surface area contributed by atoms with Gasteiger partial charge in [0.05, 0.1) is 0 Å². The van der Waals surface area contributed by atoms with Crippen molar-refractivity contribution in [2.24, 2.45) is 5.92 Å². The van der Waals surface area contributed by atoms with Gasteiger partial charge in [-0.05, 0) is 80.5 Å². The highest BCUT2D eigenvalue weighted by Gasteiger charge is 2.25. The summed E-state index contributed by atoms with van der Waals surface area (Å²) in [5.41, 5.74) is 0.525. The Labute approximate surface area is 154 Å². The van der Waals surface area contributed by atoms with Crippen molar-refractivity contribution in [1.82, 2.24) is 0 Å². The van der Waals surface area contributed by atoms with Crippen LogP contribution in [0.15, 0.2) is 48.6 Å². The van der Waals surface area contributed by atoms with Crippen molar-refractivity contribution in [2.45, 2.75) is 45.4 Å². The maximum Gasteiger partial charge on any atom is 0.167 e. The molecule has 1 saturated carbocycles. The van der Waals surface area contributed by atoms with Crippen LogP contribution in [0, 0.1) is 17.6 Å². The van der Waals surface area contributed by atoms with Gasteiger partial charge in [-0.1, -0.05) is 30.4 Å². The van der Waals surface area contributed by atoms with Gasteiger partial charge in [0.15, 0.2) is 11.6 Å². The lowest BCUT2D eigenvalue weighted by molar-refractivity contribution is 0.362. The van der Waals surface area contributed by atoms with E-state index in [1.54, 1.807) is 6.07 Å². The minimum Gasteiger partial charge on any atom is -0.490 e. The van der Waals surface area contributed by atoms with E-state index in [1.807, 2.05) is 44.2 Å². The second kappa shape index (κ2) is 8.48. The van der Waals surface area contributed by atoms with Crippen molar-refractivity contribution >= 4 is 10.8 Å². The normalized spacial score (nSPS) is 21.1. The Morgan fingerprint density at radius 3 is 2.46 bits per heavy atom. The summed E-state index contributed by atoms with van der Waals surface area (Å²) in [5.74, 6) is -0.238. The van der Waals surface area contributed by atoms with Gasteiger partial charge in [0.25, 0.3) is 0 Å². The average molecular weight is 356 g/mol. The van der Waals surface area contributed by atoms with Gasteiger partial charge in [-0.25, -0.2) is 8.78 Å². The highest BCUT2D eigenvalue weighted by atomic mass is 19.2. The van der Waals surface area contributed by atoms with E-state index in [0.29, 0.717) is 23.8 Å². The highest BCUT2D eigenvalue weighted by Crippen LogP contribution is 2.39. The lowest BCUT2D eigenvalue weighted by atomic mass is 9.78. The fourth-order valence-corrected chi connectivity index (χ4v) is 3.85. The molecule has 0 bridgehead atoms. The van der Waals surface area contributed by atoms with E-state index >= 15 is 0 Å². The smallest absolute Gasteiger partial charge is 0.167 e. The maximum atomic E-state index is 14.8. The molecule has 1 fully saturated rings. The number of hydrogen-bond donors (Lipinski definition) is 0. The summed E-state index contributed by atoms with van der Waals surface area (Å²) in [6.07, 6.45) is 11.9. The molecule has 2 aromatic rings. The van der Waals surface area contributed by atoms with E-state index < -0.39 is 11.6 Å². The van der Waals surface area contributed by atoms with Gasteiger partial charge in [0, 0.05) is 5.39 Å². The summed E-state index contributed by atoms with van der Waals surface area (Å²) >= 11 is 0. The Balaban J connectivity index is 1.86. The van der Waals surface area contributed by atoms with Crippen LogP contribution in [-0.4, -0.2) is 6.61 Å². The monoisotopic (exact) mass is 356 g/mol. The number of hydrogen-bond acceptors (Lipinski definition) is 1. The number of rotatable bonds is 5. The summed E-state index contributed by atoms with van der Waals surface area (Å²) < 4.78 is 35.0. The molecule has 26 heavy (non-hydrogen) atoms. The van der Waals surface area contributed by atoms with E-state index in [1.165, 1.54) is 0 Å². The van der Waals surface area contributed by atoms with Crippen molar-refractivity contribution in [3.8, 4) is 5.75 Å². The second-order valence-electron chi connectivity index (χ2n) is 6.99. The first-order valence-corrected chi connectivity index (χ1v) is 9.42. The highest BCUT2D eigenvalue weighted by molar-refractivity contribution is 5.85. The van der Waals surface area contributed by atoms with Crippen LogP contribution >= 0.6 is 0 Å². The largest absolute Gasteiger partial charge is 0.490 e. The molecular formula is C23H26F2O. The standard InChI is InChI=1S/C23H26F2O/c1-3-5-13-26-19-12-11-18-14-20(22(24)23(25)21(18)15-19)17-9-7-16(6-4-2)8-10-17/h3-6,11-12,14-17H,7-10,13H2,1-2H3/b5-3+,6-4+. The predicted octanol–water partition coefficient (Wildman–Crippen LogP) is 6.92. The summed E-state index contributed by atoms with van der Waals surface area (Å²) in [6, 6.07) is 7.04. The molecule has 0 heterocycles. The van der Waals surface area contributed by atoms with Gasteiger partial charge in [-0.3, -0.25) is 0 Å². The fraction of sp³-hybridized carbons (Fsp3) is 0.391. The zero-order chi connectivity index (χ0) is 18.5. The maximum absolute atomic E-state index is 14.8. The van der Waals surface area contributed by atoms with E-state index in [2.05, 4.69) is 12.2 Å². The number of benzene rings is 2. The van der Waals surface area contributed by atoms with E-state index in [4.69, 9.17) is 4.74 Å². The van der Waals surface area contributed by atoms with Crippen molar-refractivity contribution in [3.63, 3.8) is 0 Å². The molecule has 0 saturated heterocycles. The number of allylic oxidation sites excluding steroid dienone is 3. The Bertz CT molecular complexity index is 815. The Kier molecular flexibility index (Phi) is 6.08. The molecule has 3 heteroatoms. The predicted molar refractivity (Wildman–Crippen MR) is 104 cm³/mol. The van der Waals surface area contributed by atoms with Crippen LogP contribution in [0.3, 0.4) is 0 Å². The first kappa shape index (κ1) is 18.6. The van der Waals surface area contributed by atoms with Crippen LogP contribution in [0.1, 0.15) is 51.0 Å². The molecule has 1 aliphatic rings. The summed E-state index contributed by atoms with van der Waals surface area (Å²) in [7, 11) is 0. The molecule has 0 aromatic heterocycles. The summed E-state index contributed by atoms with van der Waals surface area (Å²) in [5, 5.41) is 1.01. The van der Waals surface area contributed by atoms with Gasteiger partial charge < -0.3 is 4.74 Å². The van der Waals surface area contributed by atoms with Crippen molar-refractivity contribution in [1.29, 1.82) is 0 Å². The van der Waals surface area contributed by atoms with Crippen molar-refractivity contribution in [2.75, 3.05) is 6.61 Å². The lowest BCUT2D eigenvalue weighted by Gasteiger charge is -2.27. The number of fused-ring (bicyclic) bond motifs is 1. The van der Waals surface area contributed by atoms with Gasteiger partial charge in [0.1, 0.15) is 12.4 Å². The van der Waals surface area contributed by atoms with Crippen LogP contribution in [-0.2, 0) is 0 Å². The van der Waals surface area contributed by atoms with Gasteiger partial charge >= 0.3 is 0 Å². The van der Waals surface area contributed by atoms with Crippen LogP contribution in [0.4, 0.5) is 8.78 Å². The molecule has 2 aromatic carbocycles. The van der Waals surface area contributed by atoms with Crippen LogP contribution < -0.4 is 4.74 Å². The Hall–Kier alpha value is -2.16. The van der Waals surface area contributed by atoms with E-state index in [9.17, 15) is 8.78 Å². The van der Waals surface area contributed by atoms with Gasteiger partial charge in [0.2, 0.25) is 0 Å². The third-order valence-corrected chi connectivity index (χ3v) is 5.28. The molecule has 0 radical (unpaired) electrons. The molecule has 0 spiro atoms. The van der Waals surface area contributed by atoms with Gasteiger partial charge in [-0.15, -0.1) is 0 Å². The lowest BCUT2D eigenvalue weighted by Crippen LogP contribution is -2.13. The van der Waals surface area contributed by atoms with Crippen LogP contribution in [0.25, 0.3) is 10.8 Å². The molecule has 0 atom stereocenters. The fourth-order valence-electron chi connectivity index (χ4n) is 3.85. The number of halogens is 2. The minimum absolute atomic E-state index is 0.0982. The summed E-state index contributed by atoms with van der Waals surface area (Å²) in [6.45, 7) is 4.35. The Morgan fingerprint density at radius 2 is 1.77 bits per heavy atom. The Morgan fingerprint density at radius 1 is 1.00 bits per heavy atom. The van der Waals surface area contributed by atoms with E-state index in [0.717, 1.165) is 31.1 Å². The molecule has 138 valence electrons. The molecule has 0 amide bonds. The molecular weight excluding hydrogens is 330 g/mol. The van der Waals surface area contributed by atoms with E-state index in [-0.39, 0.29) is 11.3 Å². The molecule has 0 unspecified atom stereocenters. The molecule has 1 nitrogen and oxygen atoms in total. The van der Waals surface area contributed by atoms with Gasteiger partial charge in [-0.2, -0.15) is 0 Å². The molecule has 3 rings (SSSR count). The summed E-state index contributed by atoms with van der Waals surface area (Å²) in [4.78, 5) is 0. The first-order valence-electron chi connectivity index (χ1n) is 9.42. The van der Waals surface area contributed by atoms with Crippen molar-refractivity contribution in [3.05, 3.63) is 65.8 Å². The van der Waals surface area contributed by atoms with Crippen LogP contribution in [0.2, 0.25) is 0 Å². The van der Waals surface area contributed by atoms with Crippen molar-refractivity contribution < 1.29 is 13.5 Å². The number of ether oxygens (including phenoxy) is 1.